The number of fused-ring (bicyclic) bond motifs is 1. The molecule has 0 aliphatic carbocycles. The smallest absolute Gasteiger partial charge is 0.128 e. The molecule has 0 radical (unpaired) electrons. The highest BCUT2D eigenvalue weighted by Crippen LogP contribution is 2.41. The van der Waals surface area contributed by atoms with Crippen LogP contribution < -0.4 is 5.73 Å². The number of aryl methyl sites for hydroxylation is 1. The first-order valence-corrected chi connectivity index (χ1v) is 6.72. The van der Waals surface area contributed by atoms with Gasteiger partial charge in [-0.2, -0.15) is 11.8 Å². The summed E-state index contributed by atoms with van der Waals surface area (Å²) in [5, 5.41) is 0.323. The van der Waals surface area contributed by atoms with Gasteiger partial charge in [0, 0.05) is 22.6 Å². The third-order valence-corrected chi connectivity index (χ3v) is 4.98. The maximum atomic E-state index is 13.8. The van der Waals surface area contributed by atoms with Gasteiger partial charge < -0.3 is 5.73 Å². The van der Waals surface area contributed by atoms with Crippen LogP contribution in [0.1, 0.15) is 36.6 Å². The first-order valence-electron chi connectivity index (χ1n) is 5.67. The van der Waals surface area contributed by atoms with Crippen LogP contribution in [0, 0.1) is 18.7 Å². The van der Waals surface area contributed by atoms with E-state index in [-0.39, 0.29) is 11.9 Å². The van der Waals surface area contributed by atoms with Crippen LogP contribution in [0.15, 0.2) is 12.1 Å². The van der Waals surface area contributed by atoms with Gasteiger partial charge in [-0.1, -0.05) is 19.9 Å². The normalized spacial score (nSPS) is 24.6. The molecule has 1 aromatic carbocycles. The Morgan fingerprint density at radius 1 is 1.44 bits per heavy atom. The van der Waals surface area contributed by atoms with E-state index >= 15 is 0 Å². The van der Waals surface area contributed by atoms with Crippen LogP contribution in [0.4, 0.5) is 4.39 Å². The Hall–Kier alpha value is -0.540. The Balaban J connectivity index is 2.48. The van der Waals surface area contributed by atoms with Gasteiger partial charge in [0.1, 0.15) is 5.82 Å². The van der Waals surface area contributed by atoms with E-state index in [1.807, 2.05) is 24.8 Å². The summed E-state index contributed by atoms with van der Waals surface area (Å²) in [6.45, 7) is 6.33. The van der Waals surface area contributed by atoms with E-state index in [4.69, 9.17) is 5.73 Å². The quantitative estimate of drug-likeness (QED) is 0.812. The second-order valence-electron chi connectivity index (χ2n) is 4.80. The summed E-state index contributed by atoms with van der Waals surface area (Å²) >= 11 is 1.85. The van der Waals surface area contributed by atoms with Gasteiger partial charge in [-0.05, 0) is 30.0 Å². The van der Waals surface area contributed by atoms with Crippen molar-refractivity contribution >= 4 is 11.8 Å². The molecule has 0 saturated heterocycles. The molecule has 2 atom stereocenters. The lowest BCUT2D eigenvalue weighted by atomic mass is 9.91. The highest BCUT2D eigenvalue weighted by molar-refractivity contribution is 7.99. The van der Waals surface area contributed by atoms with Crippen LogP contribution >= 0.6 is 11.8 Å². The first-order chi connectivity index (χ1) is 7.52. The number of thioether (sulfide) groups is 1. The van der Waals surface area contributed by atoms with E-state index in [1.165, 1.54) is 0 Å². The molecule has 16 heavy (non-hydrogen) atoms. The highest BCUT2D eigenvalue weighted by atomic mass is 32.2. The average molecular weight is 239 g/mol. The zero-order valence-electron chi connectivity index (χ0n) is 9.96. The van der Waals surface area contributed by atoms with Crippen LogP contribution in [0.2, 0.25) is 0 Å². The fraction of sp³-hybridized carbons (Fsp3) is 0.538. The Bertz CT molecular complexity index is 403. The zero-order chi connectivity index (χ0) is 11.9. The van der Waals surface area contributed by atoms with Crippen LogP contribution in [0.5, 0.6) is 0 Å². The van der Waals surface area contributed by atoms with Crippen LogP contribution in [0.3, 0.4) is 0 Å². The van der Waals surface area contributed by atoms with Gasteiger partial charge in [0.25, 0.3) is 0 Å². The van der Waals surface area contributed by atoms with Crippen molar-refractivity contribution in [3.8, 4) is 0 Å². The lowest BCUT2D eigenvalue weighted by Crippen LogP contribution is -2.33. The summed E-state index contributed by atoms with van der Waals surface area (Å²) in [6, 6.07) is 3.21. The van der Waals surface area contributed by atoms with E-state index in [9.17, 15) is 4.39 Å². The maximum absolute atomic E-state index is 13.8. The number of halogens is 1. The largest absolute Gasteiger partial charge is 0.323 e. The minimum absolute atomic E-state index is 0.140. The van der Waals surface area contributed by atoms with Gasteiger partial charge in [-0.15, -0.1) is 0 Å². The summed E-state index contributed by atoms with van der Waals surface area (Å²) in [4.78, 5) is 0. The Morgan fingerprint density at radius 3 is 2.75 bits per heavy atom. The van der Waals surface area contributed by atoms with Crippen LogP contribution in [0.25, 0.3) is 0 Å². The molecule has 0 saturated carbocycles. The SMILES string of the molecule is Cc1ccc(F)c2c1CSC(C(C)C)C2N. The molecule has 2 rings (SSSR count). The molecular formula is C13H18FNS. The predicted octanol–water partition coefficient (Wildman–Crippen LogP) is 3.41. The molecule has 0 aromatic heterocycles. The molecule has 1 nitrogen and oxygen atoms in total. The van der Waals surface area contributed by atoms with E-state index in [0.29, 0.717) is 11.2 Å². The van der Waals surface area contributed by atoms with E-state index in [2.05, 4.69) is 13.8 Å². The number of hydrogen-bond acceptors (Lipinski definition) is 2. The van der Waals surface area contributed by atoms with E-state index in [1.54, 1.807) is 6.07 Å². The Morgan fingerprint density at radius 2 is 2.12 bits per heavy atom. The van der Waals surface area contributed by atoms with Gasteiger partial charge in [0.15, 0.2) is 0 Å². The lowest BCUT2D eigenvalue weighted by molar-refractivity contribution is 0.495. The standard InChI is InChI=1S/C13H18FNS/c1-7(2)13-12(15)11-9(6-16-13)8(3)4-5-10(11)14/h4-5,7,12-13H,6,15H2,1-3H3. The molecule has 1 heterocycles. The summed E-state index contributed by atoms with van der Waals surface area (Å²) in [5.74, 6) is 1.22. The molecule has 2 N–H and O–H groups in total. The molecule has 1 aromatic rings. The minimum Gasteiger partial charge on any atom is -0.323 e. The van der Waals surface area contributed by atoms with Crippen molar-refractivity contribution in [2.24, 2.45) is 11.7 Å². The van der Waals surface area contributed by atoms with Crippen molar-refractivity contribution in [1.29, 1.82) is 0 Å². The van der Waals surface area contributed by atoms with Crippen molar-refractivity contribution in [3.05, 3.63) is 34.6 Å². The lowest BCUT2D eigenvalue weighted by Gasteiger charge is -2.34. The Labute approximate surface area is 101 Å². The molecule has 0 amide bonds. The fourth-order valence-electron chi connectivity index (χ4n) is 2.35. The second-order valence-corrected chi connectivity index (χ2v) is 5.97. The summed E-state index contributed by atoms with van der Waals surface area (Å²) in [5.41, 5.74) is 9.21. The van der Waals surface area contributed by atoms with Crippen molar-refractivity contribution in [2.75, 3.05) is 0 Å². The number of nitrogens with two attached hydrogens (primary N) is 1. The van der Waals surface area contributed by atoms with Gasteiger partial charge in [-0.25, -0.2) is 4.39 Å². The van der Waals surface area contributed by atoms with Gasteiger partial charge in [0.2, 0.25) is 0 Å². The van der Waals surface area contributed by atoms with Crippen molar-refractivity contribution in [3.63, 3.8) is 0 Å². The van der Waals surface area contributed by atoms with Crippen LogP contribution in [-0.2, 0) is 5.75 Å². The minimum atomic E-state index is -0.173. The zero-order valence-corrected chi connectivity index (χ0v) is 10.8. The molecule has 1 aliphatic heterocycles. The maximum Gasteiger partial charge on any atom is 0.128 e. The van der Waals surface area contributed by atoms with Gasteiger partial charge in [-0.3, -0.25) is 0 Å². The third-order valence-electron chi connectivity index (χ3n) is 3.30. The van der Waals surface area contributed by atoms with E-state index in [0.717, 1.165) is 22.4 Å². The molecule has 3 heteroatoms. The molecule has 0 spiro atoms. The number of rotatable bonds is 1. The van der Waals surface area contributed by atoms with Crippen molar-refractivity contribution in [1.82, 2.24) is 0 Å². The average Bonchev–Trinajstić information content (AvgIpc) is 2.23. The Kier molecular flexibility index (Phi) is 3.27. The molecular weight excluding hydrogens is 221 g/mol. The number of benzene rings is 1. The monoisotopic (exact) mass is 239 g/mol. The van der Waals surface area contributed by atoms with Gasteiger partial charge >= 0.3 is 0 Å². The van der Waals surface area contributed by atoms with E-state index < -0.39 is 0 Å². The topological polar surface area (TPSA) is 26.0 Å². The summed E-state index contributed by atoms with van der Waals surface area (Å²) < 4.78 is 13.8. The summed E-state index contributed by atoms with van der Waals surface area (Å²) in [6.07, 6.45) is 0. The highest BCUT2D eigenvalue weighted by Gasteiger charge is 2.32. The molecule has 0 bridgehead atoms. The predicted molar refractivity (Wildman–Crippen MR) is 68.0 cm³/mol. The second kappa shape index (κ2) is 4.38. The van der Waals surface area contributed by atoms with Crippen molar-refractivity contribution in [2.45, 2.75) is 37.8 Å². The number of hydrogen-bond donors (Lipinski definition) is 1. The fourth-order valence-corrected chi connectivity index (χ4v) is 3.82. The first kappa shape index (κ1) is 11.9. The van der Waals surface area contributed by atoms with Gasteiger partial charge in [0.05, 0.1) is 0 Å². The van der Waals surface area contributed by atoms with Crippen molar-refractivity contribution < 1.29 is 4.39 Å². The molecule has 0 fully saturated rings. The molecule has 88 valence electrons. The molecule has 1 aliphatic rings. The summed E-state index contributed by atoms with van der Waals surface area (Å²) in [7, 11) is 0. The third kappa shape index (κ3) is 1.87. The van der Waals surface area contributed by atoms with Crippen LogP contribution in [-0.4, -0.2) is 5.25 Å². The molecule has 2 unspecified atom stereocenters.